The number of carbonyl (C=O) groups is 1. The van der Waals surface area contributed by atoms with Crippen LogP contribution in [-0.4, -0.2) is 25.9 Å². The number of rotatable bonds is 6. The Balaban J connectivity index is 1.64. The third-order valence-corrected chi connectivity index (χ3v) is 3.94. The molecular formula is C19H16N6O. The maximum Gasteiger partial charge on any atom is 0.211 e. The van der Waals surface area contributed by atoms with Gasteiger partial charge in [-0.1, -0.05) is 30.3 Å². The predicted octanol–water partition coefficient (Wildman–Crippen LogP) is 3.19. The Bertz CT molecular complexity index is 1040. The number of para-hydroxylation sites is 1. The molecule has 0 aliphatic heterocycles. The lowest BCUT2D eigenvalue weighted by Crippen LogP contribution is -2.02. The van der Waals surface area contributed by atoms with Gasteiger partial charge in [0.2, 0.25) is 6.41 Å². The van der Waals surface area contributed by atoms with Crippen LogP contribution in [0.1, 0.15) is 5.56 Å². The molecule has 0 bridgehead atoms. The standard InChI is InChI=1S/C19H16N6O/c26-13-23-16-8-4-5-14(9-16)10-25-12-22-17-18(20-11-21-19(17)25)24-15-6-2-1-3-7-15/h1-9,11-13H,10H2,(H,23,26)(H,20,21,24). The van der Waals surface area contributed by atoms with Gasteiger partial charge in [0.25, 0.3) is 0 Å². The van der Waals surface area contributed by atoms with Crippen molar-refractivity contribution in [3.63, 3.8) is 0 Å². The van der Waals surface area contributed by atoms with E-state index in [2.05, 4.69) is 25.6 Å². The summed E-state index contributed by atoms with van der Waals surface area (Å²) in [6.45, 7) is 0.590. The number of benzene rings is 2. The Morgan fingerprint density at radius 2 is 1.81 bits per heavy atom. The van der Waals surface area contributed by atoms with E-state index in [1.807, 2.05) is 59.2 Å². The molecule has 4 rings (SSSR count). The molecule has 1 amide bonds. The van der Waals surface area contributed by atoms with Crippen LogP contribution in [0.2, 0.25) is 0 Å². The first-order valence-electron chi connectivity index (χ1n) is 8.10. The van der Waals surface area contributed by atoms with Crippen LogP contribution in [0.3, 0.4) is 0 Å². The van der Waals surface area contributed by atoms with E-state index in [4.69, 9.17) is 0 Å². The van der Waals surface area contributed by atoms with Crippen LogP contribution in [0, 0.1) is 0 Å². The van der Waals surface area contributed by atoms with Gasteiger partial charge in [0, 0.05) is 11.4 Å². The van der Waals surface area contributed by atoms with Gasteiger partial charge in [-0.25, -0.2) is 15.0 Å². The molecule has 2 aromatic heterocycles. The van der Waals surface area contributed by atoms with E-state index in [0.29, 0.717) is 24.3 Å². The summed E-state index contributed by atoms with van der Waals surface area (Å²) in [7, 11) is 0. The van der Waals surface area contributed by atoms with Crippen LogP contribution >= 0.6 is 0 Å². The lowest BCUT2D eigenvalue weighted by atomic mass is 10.2. The summed E-state index contributed by atoms with van der Waals surface area (Å²) < 4.78 is 1.95. The number of hydrogen-bond acceptors (Lipinski definition) is 5. The first-order valence-corrected chi connectivity index (χ1v) is 8.10. The Hall–Kier alpha value is -3.74. The second kappa shape index (κ2) is 7.02. The van der Waals surface area contributed by atoms with Gasteiger partial charge in [-0.05, 0) is 29.8 Å². The second-order valence-corrected chi connectivity index (χ2v) is 5.72. The Morgan fingerprint density at radius 3 is 2.65 bits per heavy atom. The molecular weight excluding hydrogens is 328 g/mol. The molecule has 7 heteroatoms. The molecule has 0 saturated heterocycles. The molecule has 26 heavy (non-hydrogen) atoms. The zero-order chi connectivity index (χ0) is 17.8. The van der Waals surface area contributed by atoms with Crippen LogP contribution in [0.4, 0.5) is 17.2 Å². The van der Waals surface area contributed by atoms with Crippen LogP contribution in [0.25, 0.3) is 11.2 Å². The van der Waals surface area contributed by atoms with Crippen LogP contribution in [0.5, 0.6) is 0 Å². The molecule has 7 nitrogen and oxygen atoms in total. The highest BCUT2D eigenvalue weighted by Crippen LogP contribution is 2.22. The highest BCUT2D eigenvalue weighted by atomic mass is 16.1. The fraction of sp³-hybridized carbons (Fsp3) is 0.0526. The number of fused-ring (bicyclic) bond motifs is 1. The van der Waals surface area contributed by atoms with Crippen molar-refractivity contribution in [2.24, 2.45) is 0 Å². The first kappa shape index (κ1) is 15.8. The third kappa shape index (κ3) is 3.23. The van der Waals surface area contributed by atoms with Crippen LogP contribution in [0.15, 0.2) is 67.3 Å². The van der Waals surface area contributed by atoms with Crippen molar-refractivity contribution in [2.75, 3.05) is 10.6 Å². The van der Waals surface area contributed by atoms with Crippen molar-refractivity contribution in [3.05, 3.63) is 72.8 Å². The quantitative estimate of drug-likeness (QED) is 0.525. The second-order valence-electron chi connectivity index (χ2n) is 5.72. The van der Waals surface area contributed by atoms with Crippen molar-refractivity contribution >= 4 is 34.8 Å². The van der Waals surface area contributed by atoms with Gasteiger partial charge in [-0.15, -0.1) is 0 Å². The molecule has 128 valence electrons. The first-order chi connectivity index (χ1) is 12.8. The molecule has 0 atom stereocenters. The average Bonchev–Trinajstić information content (AvgIpc) is 3.07. The molecule has 0 saturated carbocycles. The minimum Gasteiger partial charge on any atom is -0.338 e. The van der Waals surface area contributed by atoms with Crippen LogP contribution < -0.4 is 10.6 Å². The van der Waals surface area contributed by atoms with Gasteiger partial charge in [-0.2, -0.15) is 0 Å². The zero-order valence-electron chi connectivity index (χ0n) is 13.8. The monoisotopic (exact) mass is 344 g/mol. The summed E-state index contributed by atoms with van der Waals surface area (Å²) in [6.07, 6.45) is 3.94. The topological polar surface area (TPSA) is 84.7 Å². The highest BCUT2D eigenvalue weighted by molar-refractivity contribution is 5.85. The summed E-state index contributed by atoms with van der Waals surface area (Å²) in [5.41, 5.74) is 4.18. The predicted molar refractivity (Wildman–Crippen MR) is 100 cm³/mol. The third-order valence-electron chi connectivity index (χ3n) is 3.94. The number of nitrogens with zero attached hydrogens (tertiary/aromatic N) is 4. The summed E-state index contributed by atoms with van der Waals surface area (Å²) in [5.74, 6) is 0.663. The lowest BCUT2D eigenvalue weighted by molar-refractivity contribution is -0.105. The van der Waals surface area contributed by atoms with E-state index in [9.17, 15) is 4.79 Å². The molecule has 4 aromatic rings. The lowest BCUT2D eigenvalue weighted by Gasteiger charge is -2.07. The number of anilines is 3. The number of nitrogens with one attached hydrogen (secondary N) is 2. The fourth-order valence-electron chi connectivity index (χ4n) is 2.77. The smallest absolute Gasteiger partial charge is 0.211 e. The SMILES string of the molecule is O=CNc1cccc(Cn2cnc3c(Nc4ccccc4)ncnc32)c1. The highest BCUT2D eigenvalue weighted by Gasteiger charge is 2.11. The van der Waals surface area contributed by atoms with Gasteiger partial charge >= 0.3 is 0 Å². The minimum absolute atomic E-state index is 0.590. The van der Waals surface area contributed by atoms with E-state index in [1.165, 1.54) is 6.33 Å². The molecule has 0 radical (unpaired) electrons. The van der Waals surface area contributed by atoms with Gasteiger partial charge in [0.15, 0.2) is 17.0 Å². The van der Waals surface area contributed by atoms with E-state index in [-0.39, 0.29) is 0 Å². The summed E-state index contributed by atoms with van der Waals surface area (Å²) in [6, 6.07) is 17.5. The van der Waals surface area contributed by atoms with E-state index in [1.54, 1.807) is 6.33 Å². The number of hydrogen-bond donors (Lipinski definition) is 2. The van der Waals surface area contributed by atoms with Crippen molar-refractivity contribution in [2.45, 2.75) is 6.54 Å². The van der Waals surface area contributed by atoms with Crippen molar-refractivity contribution in [1.29, 1.82) is 0 Å². The summed E-state index contributed by atoms with van der Waals surface area (Å²) in [5, 5.41) is 5.93. The van der Waals surface area contributed by atoms with Gasteiger partial charge in [-0.3, -0.25) is 4.79 Å². The number of carbonyl (C=O) groups excluding carboxylic acids is 1. The van der Waals surface area contributed by atoms with Crippen molar-refractivity contribution < 1.29 is 4.79 Å². The van der Waals surface area contributed by atoms with Gasteiger partial charge in [0.1, 0.15) is 6.33 Å². The molecule has 0 aliphatic rings. The molecule has 0 unspecified atom stereocenters. The average molecular weight is 344 g/mol. The maximum atomic E-state index is 10.6. The van der Waals surface area contributed by atoms with E-state index < -0.39 is 0 Å². The van der Waals surface area contributed by atoms with E-state index >= 15 is 0 Å². The summed E-state index contributed by atoms with van der Waals surface area (Å²) >= 11 is 0. The maximum absolute atomic E-state index is 10.6. The van der Waals surface area contributed by atoms with Gasteiger partial charge < -0.3 is 15.2 Å². The number of aromatic nitrogens is 4. The van der Waals surface area contributed by atoms with Crippen LogP contribution in [-0.2, 0) is 11.3 Å². The molecule has 2 N–H and O–H groups in total. The molecule has 0 spiro atoms. The Morgan fingerprint density at radius 1 is 0.962 bits per heavy atom. The van der Waals surface area contributed by atoms with Gasteiger partial charge in [0.05, 0.1) is 12.9 Å². The molecule has 0 aliphatic carbocycles. The minimum atomic E-state index is 0.590. The molecule has 2 aromatic carbocycles. The largest absolute Gasteiger partial charge is 0.338 e. The molecule has 0 fully saturated rings. The Kier molecular flexibility index (Phi) is 4.26. The molecule has 2 heterocycles. The Labute approximate surface area is 149 Å². The number of imidazole rings is 1. The number of amides is 1. The summed E-state index contributed by atoms with van der Waals surface area (Å²) in [4.78, 5) is 23.8. The fourth-order valence-corrected chi connectivity index (χ4v) is 2.77. The van der Waals surface area contributed by atoms with Crippen molar-refractivity contribution in [3.8, 4) is 0 Å². The normalized spacial score (nSPS) is 10.6. The zero-order valence-corrected chi connectivity index (χ0v) is 13.8. The van der Waals surface area contributed by atoms with E-state index in [0.717, 1.165) is 22.6 Å². The van der Waals surface area contributed by atoms with Crippen molar-refractivity contribution in [1.82, 2.24) is 19.5 Å².